The molecule has 25 heavy (non-hydrogen) atoms. The molecule has 0 fully saturated rings. The second-order valence-corrected chi connectivity index (χ2v) is 6.73. The van der Waals surface area contributed by atoms with E-state index in [1.165, 1.54) is 44.7 Å². The number of rotatable bonds is 4. The van der Waals surface area contributed by atoms with E-state index < -0.39 is 15.6 Å². The lowest BCUT2D eigenvalue weighted by molar-refractivity contribution is 0.358. The van der Waals surface area contributed by atoms with Crippen LogP contribution in [0.4, 0.5) is 0 Å². The van der Waals surface area contributed by atoms with Crippen LogP contribution in [0.25, 0.3) is 16.5 Å². The summed E-state index contributed by atoms with van der Waals surface area (Å²) in [7, 11) is -0.882. The van der Waals surface area contributed by atoms with E-state index in [9.17, 15) is 13.2 Å². The zero-order valence-electron chi connectivity index (χ0n) is 13.5. The fourth-order valence-electron chi connectivity index (χ4n) is 2.51. The fraction of sp³-hybridized carbons (Fsp3) is 0.125. The topological polar surface area (TPSA) is 114 Å². The number of hydrogen-bond acceptors (Lipinski definition) is 6. The van der Waals surface area contributed by atoms with Crippen molar-refractivity contribution < 1.29 is 17.9 Å². The zero-order chi connectivity index (χ0) is 18.2. The van der Waals surface area contributed by atoms with Crippen molar-refractivity contribution in [3.63, 3.8) is 0 Å². The van der Waals surface area contributed by atoms with Gasteiger partial charge in [0, 0.05) is 5.39 Å². The third-order valence-electron chi connectivity index (χ3n) is 3.71. The Balaban J connectivity index is 2.24. The minimum absolute atomic E-state index is 0.0515. The van der Waals surface area contributed by atoms with Gasteiger partial charge >= 0.3 is 0 Å². The van der Waals surface area contributed by atoms with Gasteiger partial charge in [0.05, 0.1) is 36.4 Å². The fourth-order valence-corrected chi connectivity index (χ4v) is 3.03. The third kappa shape index (κ3) is 2.94. The molecule has 130 valence electrons. The molecule has 0 unspecified atom stereocenters. The first-order valence-electron chi connectivity index (χ1n) is 7.13. The molecular weight excluding hydrogens is 346 g/mol. The Morgan fingerprint density at radius 1 is 1.04 bits per heavy atom. The number of hydrogen-bond donors (Lipinski definition) is 1. The van der Waals surface area contributed by atoms with Gasteiger partial charge in [-0.3, -0.25) is 4.79 Å². The molecule has 0 aliphatic rings. The number of fused-ring (bicyclic) bond motifs is 1. The Hall–Kier alpha value is -2.91. The maximum Gasteiger partial charge on any atom is 0.283 e. The molecule has 0 aliphatic carbocycles. The van der Waals surface area contributed by atoms with E-state index in [0.29, 0.717) is 28.0 Å². The lowest BCUT2D eigenvalue weighted by atomic mass is 10.1. The van der Waals surface area contributed by atoms with Crippen molar-refractivity contribution >= 4 is 20.8 Å². The molecule has 2 aromatic carbocycles. The third-order valence-corrected chi connectivity index (χ3v) is 4.64. The first-order valence-corrected chi connectivity index (χ1v) is 8.67. The van der Waals surface area contributed by atoms with E-state index in [2.05, 4.69) is 5.10 Å². The summed E-state index contributed by atoms with van der Waals surface area (Å²) in [5.41, 5.74) is -0.0271. The molecule has 0 bridgehead atoms. The highest BCUT2D eigenvalue weighted by molar-refractivity contribution is 7.89. The van der Waals surface area contributed by atoms with Crippen molar-refractivity contribution in [2.45, 2.75) is 4.90 Å². The molecule has 1 aromatic heterocycles. The summed E-state index contributed by atoms with van der Waals surface area (Å²) in [6.45, 7) is 0. The maximum absolute atomic E-state index is 12.9. The maximum atomic E-state index is 12.9. The van der Waals surface area contributed by atoms with E-state index in [1.54, 1.807) is 12.1 Å². The number of benzene rings is 2. The number of ether oxygens (including phenoxy) is 2. The van der Waals surface area contributed by atoms with Crippen LogP contribution in [0.1, 0.15) is 0 Å². The number of nitrogens with two attached hydrogens (primary N) is 1. The number of nitrogens with zero attached hydrogens (tertiary/aromatic N) is 2. The van der Waals surface area contributed by atoms with Gasteiger partial charge in [-0.2, -0.15) is 9.78 Å². The Morgan fingerprint density at radius 2 is 1.72 bits per heavy atom. The predicted molar refractivity (Wildman–Crippen MR) is 91.8 cm³/mol. The van der Waals surface area contributed by atoms with E-state index >= 15 is 0 Å². The van der Waals surface area contributed by atoms with Gasteiger partial charge in [0.2, 0.25) is 10.0 Å². The second-order valence-electron chi connectivity index (χ2n) is 5.17. The average molecular weight is 361 g/mol. The number of aromatic nitrogens is 2. The summed E-state index contributed by atoms with van der Waals surface area (Å²) in [6, 6.07) is 8.92. The largest absolute Gasteiger partial charge is 0.493 e. The molecular formula is C16H15N3O5S. The summed E-state index contributed by atoms with van der Waals surface area (Å²) in [4.78, 5) is 12.8. The minimum Gasteiger partial charge on any atom is -0.493 e. The SMILES string of the molecule is COc1ccc2cnn(-c3ccc(S(N)(=O)=O)cc3)c(=O)c2c1OC. The first kappa shape index (κ1) is 16.9. The first-order chi connectivity index (χ1) is 11.9. The van der Waals surface area contributed by atoms with E-state index in [-0.39, 0.29) is 4.90 Å². The Bertz CT molecular complexity index is 1110. The Kier molecular flexibility index (Phi) is 4.19. The summed E-state index contributed by atoms with van der Waals surface area (Å²) < 4.78 is 34.4. The monoisotopic (exact) mass is 361 g/mol. The van der Waals surface area contributed by atoms with Gasteiger partial charge in [0.25, 0.3) is 5.56 Å². The van der Waals surface area contributed by atoms with Crippen molar-refractivity contribution in [2.24, 2.45) is 5.14 Å². The minimum atomic E-state index is -3.81. The quantitative estimate of drug-likeness (QED) is 0.743. The van der Waals surface area contributed by atoms with Gasteiger partial charge in [0.15, 0.2) is 11.5 Å². The van der Waals surface area contributed by atoms with Crippen LogP contribution in [0.15, 0.2) is 52.3 Å². The van der Waals surface area contributed by atoms with Gasteiger partial charge in [-0.05, 0) is 36.4 Å². The molecule has 0 atom stereocenters. The van der Waals surface area contributed by atoms with E-state index in [0.717, 1.165) is 4.68 Å². The molecule has 0 amide bonds. The molecule has 8 nitrogen and oxygen atoms in total. The van der Waals surface area contributed by atoms with Crippen LogP contribution >= 0.6 is 0 Å². The van der Waals surface area contributed by atoms with Gasteiger partial charge in [0.1, 0.15) is 0 Å². The highest BCUT2D eigenvalue weighted by Gasteiger charge is 2.16. The normalized spacial score (nSPS) is 11.5. The standard InChI is InChI=1S/C16H15N3O5S/c1-23-13-8-3-10-9-18-19(16(20)14(10)15(13)24-2)11-4-6-12(7-5-11)25(17,21)22/h3-9H,1-2H3,(H2,17,21,22). The predicted octanol–water partition coefficient (Wildman–Crippen LogP) is 1.05. The number of primary sulfonamides is 1. The van der Waals surface area contributed by atoms with Gasteiger partial charge in [-0.15, -0.1) is 0 Å². The Labute approximate surface area is 143 Å². The van der Waals surface area contributed by atoms with Gasteiger partial charge < -0.3 is 9.47 Å². The molecule has 1 heterocycles. The molecule has 3 aromatic rings. The van der Waals surface area contributed by atoms with E-state index in [1.807, 2.05) is 0 Å². The van der Waals surface area contributed by atoms with Crippen LogP contribution in [-0.4, -0.2) is 32.4 Å². The van der Waals surface area contributed by atoms with Crippen LogP contribution in [0.5, 0.6) is 11.5 Å². The average Bonchev–Trinajstić information content (AvgIpc) is 2.60. The lowest BCUT2D eigenvalue weighted by Crippen LogP contribution is -2.21. The second kappa shape index (κ2) is 6.19. The highest BCUT2D eigenvalue weighted by atomic mass is 32.2. The van der Waals surface area contributed by atoms with Crippen molar-refractivity contribution in [2.75, 3.05) is 14.2 Å². The van der Waals surface area contributed by atoms with Crippen molar-refractivity contribution in [3.8, 4) is 17.2 Å². The van der Waals surface area contributed by atoms with Crippen LogP contribution in [-0.2, 0) is 10.0 Å². The van der Waals surface area contributed by atoms with E-state index in [4.69, 9.17) is 14.6 Å². The van der Waals surface area contributed by atoms with Gasteiger partial charge in [-0.25, -0.2) is 13.6 Å². The Morgan fingerprint density at radius 3 is 2.28 bits per heavy atom. The summed E-state index contributed by atoms with van der Waals surface area (Å²) >= 11 is 0. The molecule has 0 saturated heterocycles. The van der Waals surface area contributed by atoms with Crippen LogP contribution in [0.2, 0.25) is 0 Å². The molecule has 0 aliphatic heterocycles. The molecule has 2 N–H and O–H groups in total. The smallest absolute Gasteiger partial charge is 0.283 e. The summed E-state index contributed by atoms with van der Waals surface area (Å²) in [5.74, 6) is 0.733. The molecule has 0 saturated carbocycles. The number of sulfonamides is 1. The molecule has 0 spiro atoms. The van der Waals surface area contributed by atoms with Gasteiger partial charge in [-0.1, -0.05) is 0 Å². The molecule has 0 radical (unpaired) electrons. The lowest BCUT2D eigenvalue weighted by Gasteiger charge is -2.12. The molecule has 3 rings (SSSR count). The summed E-state index contributed by atoms with van der Waals surface area (Å²) in [6.07, 6.45) is 1.52. The summed E-state index contributed by atoms with van der Waals surface area (Å²) in [5, 5.41) is 10.1. The van der Waals surface area contributed by atoms with Crippen molar-refractivity contribution in [1.82, 2.24) is 9.78 Å². The van der Waals surface area contributed by atoms with Crippen LogP contribution < -0.4 is 20.2 Å². The highest BCUT2D eigenvalue weighted by Crippen LogP contribution is 2.32. The molecule has 9 heteroatoms. The van der Waals surface area contributed by atoms with Crippen LogP contribution in [0, 0.1) is 0 Å². The number of methoxy groups -OCH3 is 2. The van der Waals surface area contributed by atoms with Crippen molar-refractivity contribution in [3.05, 3.63) is 52.9 Å². The van der Waals surface area contributed by atoms with Crippen molar-refractivity contribution in [1.29, 1.82) is 0 Å². The zero-order valence-corrected chi connectivity index (χ0v) is 14.3. The van der Waals surface area contributed by atoms with Crippen LogP contribution in [0.3, 0.4) is 0 Å².